The van der Waals surface area contributed by atoms with Crippen LogP contribution in [0.2, 0.25) is 5.02 Å². The summed E-state index contributed by atoms with van der Waals surface area (Å²) in [4.78, 5) is 13.5. The number of hydrogen-bond acceptors (Lipinski definition) is 3. The van der Waals surface area contributed by atoms with Crippen molar-refractivity contribution in [1.82, 2.24) is 4.90 Å². The second-order valence-corrected chi connectivity index (χ2v) is 4.63. The molecule has 1 aromatic carbocycles. The van der Waals surface area contributed by atoms with Gasteiger partial charge in [0.05, 0.1) is 11.1 Å². The summed E-state index contributed by atoms with van der Waals surface area (Å²) in [6, 6.07) is 5.04. The molecule has 0 saturated carbocycles. The van der Waals surface area contributed by atoms with Gasteiger partial charge in [0.1, 0.15) is 5.75 Å². The first-order chi connectivity index (χ1) is 8.99. The average Bonchev–Trinajstić information content (AvgIpc) is 2.38. The second-order valence-electron chi connectivity index (χ2n) is 4.22. The lowest BCUT2D eigenvalue weighted by Crippen LogP contribution is -2.34. The average molecular weight is 286 g/mol. The molecule has 1 atom stereocenters. The van der Waals surface area contributed by atoms with Gasteiger partial charge in [0.15, 0.2) is 6.61 Å². The topological polar surface area (TPSA) is 49.8 Å². The van der Waals surface area contributed by atoms with Crippen molar-refractivity contribution in [3.63, 3.8) is 0 Å². The number of benzene rings is 1. The quantitative estimate of drug-likeness (QED) is 0.874. The normalized spacial score (nSPS) is 12.1. The smallest absolute Gasteiger partial charge is 0.260 e. The number of ether oxygens (including phenoxy) is 1. The third kappa shape index (κ3) is 4.40. The zero-order chi connectivity index (χ0) is 14.4. The molecule has 1 N–H and O–H groups in total. The molecule has 0 aromatic heterocycles. The van der Waals surface area contributed by atoms with Crippen molar-refractivity contribution in [2.24, 2.45) is 0 Å². The van der Waals surface area contributed by atoms with E-state index in [0.29, 0.717) is 29.4 Å². The van der Waals surface area contributed by atoms with Crippen LogP contribution in [0, 0.1) is 0 Å². The Hall–Kier alpha value is -1.26. The summed E-state index contributed by atoms with van der Waals surface area (Å²) in [5, 5.41) is 9.83. The van der Waals surface area contributed by atoms with Gasteiger partial charge in [-0.15, -0.1) is 0 Å². The summed E-state index contributed by atoms with van der Waals surface area (Å²) in [7, 11) is 0. The number of hydrogen-bond donors (Lipinski definition) is 1. The molecule has 0 spiro atoms. The minimum absolute atomic E-state index is 0.0323. The van der Waals surface area contributed by atoms with Gasteiger partial charge >= 0.3 is 0 Å². The summed E-state index contributed by atoms with van der Waals surface area (Å²) in [6.45, 7) is 6.80. The van der Waals surface area contributed by atoms with Gasteiger partial charge in [-0.1, -0.05) is 17.7 Å². The van der Waals surface area contributed by atoms with Crippen LogP contribution in [0.3, 0.4) is 0 Å². The number of nitrogens with zero attached hydrogens (tertiary/aromatic N) is 1. The van der Waals surface area contributed by atoms with Gasteiger partial charge in [-0.05, 0) is 38.5 Å². The van der Waals surface area contributed by atoms with E-state index in [1.807, 2.05) is 13.8 Å². The standard InChI is InChI=1S/C14H20ClNO3/c1-4-16(5-2)14(18)9-19-13-7-6-11(10(3)17)8-12(13)15/h6-8,10,17H,4-5,9H2,1-3H3. The van der Waals surface area contributed by atoms with Gasteiger partial charge in [-0.3, -0.25) is 4.79 Å². The highest BCUT2D eigenvalue weighted by molar-refractivity contribution is 6.32. The summed E-state index contributed by atoms with van der Waals surface area (Å²) < 4.78 is 5.41. The molecular formula is C14H20ClNO3. The fourth-order valence-electron chi connectivity index (χ4n) is 1.70. The zero-order valence-electron chi connectivity index (χ0n) is 11.5. The summed E-state index contributed by atoms with van der Waals surface area (Å²) in [5.41, 5.74) is 0.715. The van der Waals surface area contributed by atoms with E-state index in [1.54, 1.807) is 30.0 Å². The number of rotatable bonds is 6. The first kappa shape index (κ1) is 15.8. The van der Waals surface area contributed by atoms with Crippen LogP contribution in [0.15, 0.2) is 18.2 Å². The fraction of sp³-hybridized carbons (Fsp3) is 0.500. The maximum atomic E-state index is 11.8. The van der Waals surface area contributed by atoms with Gasteiger partial charge in [-0.25, -0.2) is 0 Å². The number of aliphatic hydroxyl groups is 1. The lowest BCUT2D eigenvalue weighted by atomic mass is 10.1. The molecule has 1 rings (SSSR count). The van der Waals surface area contributed by atoms with Crippen LogP contribution in [-0.4, -0.2) is 35.6 Å². The summed E-state index contributed by atoms with van der Waals surface area (Å²) in [5.74, 6) is 0.382. The predicted octanol–water partition coefficient (Wildman–Crippen LogP) is 2.64. The first-order valence-electron chi connectivity index (χ1n) is 6.37. The number of carbonyl (C=O) groups is 1. The second kappa shape index (κ2) is 7.36. The van der Waals surface area contributed by atoms with E-state index in [4.69, 9.17) is 16.3 Å². The summed E-state index contributed by atoms with van der Waals surface area (Å²) >= 11 is 6.04. The van der Waals surface area contributed by atoms with E-state index in [2.05, 4.69) is 0 Å². The molecule has 0 radical (unpaired) electrons. The molecule has 1 unspecified atom stereocenters. The Kier molecular flexibility index (Phi) is 6.12. The van der Waals surface area contributed by atoms with Crippen molar-refractivity contribution in [2.45, 2.75) is 26.9 Å². The van der Waals surface area contributed by atoms with E-state index in [0.717, 1.165) is 0 Å². The fourth-order valence-corrected chi connectivity index (χ4v) is 1.94. The van der Waals surface area contributed by atoms with E-state index in [9.17, 15) is 9.90 Å². The van der Waals surface area contributed by atoms with Gasteiger partial charge in [0.2, 0.25) is 0 Å². The largest absolute Gasteiger partial charge is 0.482 e. The predicted molar refractivity (Wildman–Crippen MR) is 75.5 cm³/mol. The third-order valence-electron chi connectivity index (χ3n) is 2.91. The number of carbonyl (C=O) groups excluding carboxylic acids is 1. The zero-order valence-corrected chi connectivity index (χ0v) is 12.3. The molecule has 0 aliphatic heterocycles. The molecule has 0 saturated heterocycles. The Bertz CT molecular complexity index is 431. The molecule has 0 bridgehead atoms. The molecule has 0 aliphatic rings. The SMILES string of the molecule is CCN(CC)C(=O)COc1ccc(C(C)O)cc1Cl. The summed E-state index contributed by atoms with van der Waals surface area (Å²) in [6.07, 6.45) is -0.580. The van der Waals surface area contributed by atoms with Crippen LogP contribution in [-0.2, 0) is 4.79 Å². The Morgan fingerprint density at radius 3 is 2.53 bits per heavy atom. The number of likely N-dealkylation sites (N-methyl/N-ethyl adjacent to an activating group) is 1. The van der Waals surface area contributed by atoms with Crippen molar-refractivity contribution in [1.29, 1.82) is 0 Å². The van der Waals surface area contributed by atoms with Gasteiger partial charge in [0, 0.05) is 13.1 Å². The molecular weight excluding hydrogens is 266 g/mol. The Morgan fingerprint density at radius 1 is 1.42 bits per heavy atom. The highest BCUT2D eigenvalue weighted by Gasteiger charge is 2.12. The van der Waals surface area contributed by atoms with Crippen molar-refractivity contribution in [2.75, 3.05) is 19.7 Å². The highest BCUT2D eigenvalue weighted by atomic mass is 35.5. The van der Waals surface area contributed by atoms with Gasteiger partial charge in [-0.2, -0.15) is 0 Å². The Balaban J connectivity index is 2.66. The van der Waals surface area contributed by atoms with E-state index < -0.39 is 6.10 Å². The van der Waals surface area contributed by atoms with Crippen LogP contribution in [0.4, 0.5) is 0 Å². The lowest BCUT2D eigenvalue weighted by Gasteiger charge is -2.19. The van der Waals surface area contributed by atoms with E-state index >= 15 is 0 Å². The maximum Gasteiger partial charge on any atom is 0.260 e. The molecule has 5 heteroatoms. The van der Waals surface area contributed by atoms with Crippen LogP contribution in [0.1, 0.15) is 32.4 Å². The number of halogens is 1. The lowest BCUT2D eigenvalue weighted by molar-refractivity contribution is -0.132. The number of amides is 1. The molecule has 1 aromatic rings. The molecule has 106 valence electrons. The van der Waals surface area contributed by atoms with Crippen molar-refractivity contribution >= 4 is 17.5 Å². The van der Waals surface area contributed by atoms with Crippen LogP contribution in [0.25, 0.3) is 0 Å². The Morgan fingerprint density at radius 2 is 2.05 bits per heavy atom. The van der Waals surface area contributed by atoms with Crippen molar-refractivity contribution in [3.8, 4) is 5.75 Å². The first-order valence-corrected chi connectivity index (χ1v) is 6.75. The van der Waals surface area contributed by atoms with Gasteiger partial charge in [0.25, 0.3) is 5.91 Å². The molecule has 1 amide bonds. The van der Waals surface area contributed by atoms with Crippen molar-refractivity contribution < 1.29 is 14.6 Å². The van der Waals surface area contributed by atoms with E-state index in [-0.39, 0.29) is 12.5 Å². The molecule has 4 nitrogen and oxygen atoms in total. The molecule has 0 fully saturated rings. The monoisotopic (exact) mass is 285 g/mol. The highest BCUT2D eigenvalue weighted by Crippen LogP contribution is 2.27. The molecule has 0 heterocycles. The number of aliphatic hydroxyl groups excluding tert-OH is 1. The van der Waals surface area contributed by atoms with Crippen LogP contribution < -0.4 is 4.74 Å². The van der Waals surface area contributed by atoms with Crippen LogP contribution >= 0.6 is 11.6 Å². The van der Waals surface area contributed by atoms with E-state index in [1.165, 1.54) is 0 Å². The van der Waals surface area contributed by atoms with Crippen LogP contribution in [0.5, 0.6) is 5.75 Å². The minimum atomic E-state index is -0.580. The van der Waals surface area contributed by atoms with Crippen molar-refractivity contribution in [3.05, 3.63) is 28.8 Å². The minimum Gasteiger partial charge on any atom is -0.482 e. The maximum absolute atomic E-state index is 11.8. The molecule has 0 aliphatic carbocycles. The van der Waals surface area contributed by atoms with Gasteiger partial charge < -0.3 is 14.7 Å². The molecule has 19 heavy (non-hydrogen) atoms. The third-order valence-corrected chi connectivity index (χ3v) is 3.20. The Labute approximate surface area is 118 Å².